The molecule has 132 valence electrons. The number of aryl methyl sites for hydroxylation is 1. The van der Waals surface area contributed by atoms with Crippen LogP contribution in [0.5, 0.6) is 5.88 Å². The van der Waals surface area contributed by atoms with Crippen molar-refractivity contribution in [2.45, 2.75) is 31.3 Å². The van der Waals surface area contributed by atoms with E-state index in [9.17, 15) is 4.79 Å². The second kappa shape index (κ2) is 6.11. The standard InChI is InChI=1S/C17H20N4O4/c1-11-19-20-16(25-11)17-6-9-24-13(17)5-8-21(10-17)15(22)12-4-3-7-18-14(12)23-2/h3-4,7,13H,5-6,8-10H2,1-2H3/t13-,17-/m0/s1. The first kappa shape index (κ1) is 16.0. The third-order valence-corrected chi connectivity index (χ3v) is 5.05. The van der Waals surface area contributed by atoms with Crippen molar-refractivity contribution < 1.29 is 18.7 Å². The Morgan fingerprint density at radius 3 is 3.08 bits per heavy atom. The van der Waals surface area contributed by atoms with Crippen molar-refractivity contribution in [1.82, 2.24) is 20.1 Å². The van der Waals surface area contributed by atoms with Gasteiger partial charge >= 0.3 is 0 Å². The molecular formula is C17H20N4O4. The number of amides is 1. The number of carbonyl (C=O) groups is 1. The molecule has 25 heavy (non-hydrogen) atoms. The van der Waals surface area contributed by atoms with E-state index in [1.165, 1.54) is 7.11 Å². The molecule has 0 bridgehead atoms. The Kier molecular flexibility index (Phi) is 3.91. The summed E-state index contributed by atoms with van der Waals surface area (Å²) in [6, 6.07) is 3.47. The van der Waals surface area contributed by atoms with Crippen molar-refractivity contribution in [3.05, 3.63) is 35.7 Å². The van der Waals surface area contributed by atoms with E-state index in [1.54, 1.807) is 25.3 Å². The first-order chi connectivity index (χ1) is 12.1. The fraction of sp³-hybridized carbons (Fsp3) is 0.529. The number of nitrogens with zero attached hydrogens (tertiary/aromatic N) is 4. The molecule has 4 heterocycles. The van der Waals surface area contributed by atoms with Gasteiger partial charge in [-0.2, -0.15) is 0 Å². The maximum absolute atomic E-state index is 13.0. The highest BCUT2D eigenvalue weighted by atomic mass is 16.5. The molecular weight excluding hydrogens is 324 g/mol. The van der Waals surface area contributed by atoms with Gasteiger partial charge in [0, 0.05) is 32.8 Å². The minimum atomic E-state index is -0.440. The van der Waals surface area contributed by atoms with E-state index in [0.29, 0.717) is 42.9 Å². The van der Waals surface area contributed by atoms with Gasteiger partial charge in [-0.1, -0.05) is 0 Å². The summed E-state index contributed by atoms with van der Waals surface area (Å²) in [5.41, 5.74) is 0.0177. The summed E-state index contributed by atoms with van der Waals surface area (Å²) in [5.74, 6) is 1.31. The molecule has 2 aromatic rings. The number of carbonyl (C=O) groups excluding carboxylic acids is 1. The van der Waals surface area contributed by atoms with Crippen LogP contribution in [0, 0.1) is 6.92 Å². The fourth-order valence-electron chi connectivity index (χ4n) is 3.81. The van der Waals surface area contributed by atoms with E-state index in [0.717, 1.165) is 12.8 Å². The van der Waals surface area contributed by atoms with Crippen LogP contribution in [0.25, 0.3) is 0 Å². The largest absolute Gasteiger partial charge is 0.480 e. The highest BCUT2D eigenvalue weighted by molar-refractivity contribution is 5.96. The van der Waals surface area contributed by atoms with E-state index < -0.39 is 5.41 Å². The van der Waals surface area contributed by atoms with E-state index in [2.05, 4.69) is 15.2 Å². The third kappa shape index (κ3) is 2.57. The van der Waals surface area contributed by atoms with Crippen molar-refractivity contribution in [2.75, 3.05) is 26.8 Å². The van der Waals surface area contributed by atoms with Gasteiger partial charge in [0.25, 0.3) is 5.91 Å². The van der Waals surface area contributed by atoms with Crippen molar-refractivity contribution in [3.8, 4) is 5.88 Å². The van der Waals surface area contributed by atoms with Gasteiger partial charge in [0.05, 0.1) is 18.6 Å². The third-order valence-electron chi connectivity index (χ3n) is 5.05. The Balaban J connectivity index is 1.65. The molecule has 2 saturated heterocycles. The smallest absolute Gasteiger partial charge is 0.259 e. The first-order valence-electron chi connectivity index (χ1n) is 8.34. The zero-order valence-corrected chi connectivity index (χ0v) is 14.3. The first-order valence-corrected chi connectivity index (χ1v) is 8.34. The summed E-state index contributed by atoms with van der Waals surface area (Å²) >= 11 is 0. The predicted octanol–water partition coefficient (Wildman–Crippen LogP) is 1.35. The van der Waals surface area contributed by atoms with Crippen LogP contribution in [-0.4, -0.2) is 58.9 Å². The van der Waals surface area contributed by atoms with Gasteiger partial charge in [-0.05, 0) is 25.0 Å². The molecule has 2 fully saturated rings. The summed E-state index contributed by atoms with van der Waals surface area (Å²) in [4.78, 5) is 19.0. The molecule has 0 radical (unpaired) electrons. The number of piperidine rings is 1. The van der Waals surface area contributed by atoms with E-state index in [-0.39, 0.29) is 12.0 Å². The second-order valence-electron chi connectivity index (χ2n) is 6.47. The molecule has 0 saturated carbocycles. The number of pyridine rings is 1. The lowest BCUT2D eigenvalue weighted by Gasteiger charge is -2.41. The number of rotatable bonds is 3. The number of hydrogen-bond acceptors (Lipinski definition) is 7. The molecule has 2 aromatic heterocycles. The highest BCUT2D eigenvalue weighted by Gasteiger charge is 2.53. The molecule has 0 aromatic carbocycles. The monoisotopic (exact) mass is 344 g/mol. The van der Waals surface area contributed by atoms with Gasteiger partial charge in [0.15, 0.2) is 0 Å². The molecule has 2 aliphatic rings. The number of aromatic nitrogens is 3. The minimum absolute atomic E-state index is 0.00723. The van der Waals surface area contributed by atoms with Crippen molar-refractivity contribution in [2.24, 2.45) is 0 Å². The topological polar surface area (TPSA) is 90.6 Å². The Morgan fingerprint density at radius 1 is 1.44 bits per heavy atom. The molecule has 0 aliphatic carbocycles. The lowest BCUT2D eigenvalue weighted by atomic mass is 9.76. The summed E-state index contributed by atoms with van der Waals surface area (Å²) in [6.07, 6.45) is 3.09. The average Bonchev–Trinajstić information content (AvgIpc) is 3.27. The minimum Gasteiger partial charge on any atom is -0.480 e. The predicted molar refractivity (Wildman–Crippen MR) is 86.4 cm³/mol. The number of fused-ring (bicyclic) bond motifs is 1. The number of methoxy groups -OCH3 is 1. The van der Waals surface area contributed by atoms with Crippen molar-refractivity contribution in [1.29, 1.82) is 0 Å². The second-order valence-corrected chi connectivity index (χ2v) is 6.47. The molecule has 1 amide bonds. The maximum Gasteiger partial charge on any atom is 0.259 e. The highest BCUT2D eigenvalue weighted by Crippen LogP contribution is 2.43. The molecule has 2 aliphatic heterocycles. The summed E-state index contributed by atoms with van der Waals surface area (Å²) in [6.45, 7) is 3.49. The quantitative estimate of drug-likeness (QED) is 0.830. The molecule has 0 N–H and O–H groups in total. The number of ether oxygens (including phenoxy) is 2. The van der Waals surface area contributed by atoms with E-state index in [4.69, 9.17) is 13.9 Å². The van der Waals surface area contributed by atoms with Gasteiger partial charge in [-0.3, -0.25) is 4.79 Å². The zero-order chi connectivity index (χ0) is 17.4. The molecule has 2 atom stereocenters. The van der Waals surface area contributed by atoms with Crippen LogP contribution in [-0.2, 0) is 10.2 Å². The Labute approximate surface area is 145 Å². The van der Waals surface area contributed by atoms with Crippen LogP contribution in [0.4, 0.5) is 0 Å². The fourth-order valence-corrected chi connectivity index (χ4v) is 3.81. The Hall–Kier alpha value is -2.48. The number of likely N-dealkylation sites (tertiary alicyclic amines) is 1. The van der Waals surface area contributed by atoms with Gasteiger partial charge < -0.3 is 18.8 Å². The summed E-state index contributed by atoms with van der Waals surface area (Å²) < 4.78 is 16.9. The lowest BCUT2D eigenvalue weighted by Crippen LogP contribution is -2.54. The van der Waals surface area contributed by atoms with Crippen LogP contribution < -0.4 is 4.74 Å². The van der Waals surface area contributed by atoms with Crippen LogP contribution in [0.2, 0.25) is 0 Å². The van der Waals surface area contributed by atoms with Gasteiger partial charge in [-0.15, -0.1) is 10.2 Å². The summed E-state index contributed by atoms with van der Waals surface area (Å²) in [5, 5.41) is 8.20. The van der Waals surface area contributed by atoms with E-state index >= 15 is 0 Å². The van der Waals surface area contributed by atoms with Gasteiger partial charge in [0.1, 0.15) is 5.56 Å². The number of hydrogen-bond donors (Lipinski definition) is 0. The van der Waals surface area contributed by atoms with E-state index in [1.807, 2.05) is 4.90 Å². The molecule has 0 unspecified atom stereocenters. The van der Waals surface area contributed by atoms with Crippen LogP contribution in [0.3, 0.4) is 0 Å². The van der Waals surface area contributed by atoms with Crippen LogP contribution in [0.15, 0.2) is 22.7 Å². The lowest BCUT2D eigenvalue weighted by molar-refractivity contribution is 0.00955. The molecule has 0 spiro atoms. The average molecular weight is 344 g/mol. The summed E-state index contributed by atoms with van der Waals surface area (Å²) in [7, 11) is 1.51. The Bertz CT molecular complexity index is 792. The van der Waals surface area contributed by atoms with Crippen LogP contribution in [0.1, 0.15) is 35.0 Å². The molecule has 4 rings (SSSR count). The van der Waals surface area contributed by atoms with Gasteiger partial charge in [0.2, 0.25) is 17.7 Å². The SMILES string of the molecule is COc1ncccc1C(=O)N1CC[C@@H]2OCC[C@]2(c2nnc(C)o2)C1. The van der Waals surface area contributed by atoms with Crippen molar-refractivity contribution >= 4 is 5.91 Å². The molecule has 8 heteroatoms. The van der Waals surface area contributed by atoms with Crippen molar-refractivity contribution in [3.63, 3.8) is 0 Å². The zero-order valence-electron chi connectivity index (χ0n) is 14.3. The normalized spacial score (nSPS) is 25.7. The maximum atomic E-state index is 13.0. The van der Waals surface area contributed by atoms with Crippen LogP contribution >= 0.6 is 0 Å². The molecule has 8 nitrogen and oxygen atoms in total. The Morgan fingerprint density at radius 2 is 2.32 bits per heavy atom. The van der Waals surface area contributed by atoms with Gasteiger partial charge in [-0.25, -0.2) is 4.98 Å².